The molecule has 0 aromatic carbocycles. The third kappa shape index (κ3) is 6.53. The molecule has 0 saturated carbocycles. The van der Waals surface area contributed by atoms with E-state index in [1.54, 1.807) is 0 Å². The van der Waals surface area contributed by atoms with Gasteiger partial charge in [-0.2, -0.15) is 0 Å². The first-order valence-corrected chi connectivity index (χ1v) is 8.00. The quantitative estimate of drug-likeness (QED) is 0.453. The monoisotopic (exact) mass is 320 g/mol. The summed E-state index contributed by atoms with van der Waals surface area (Å²) in [6.45, 7) is 6.09. The Labute approximate surface area is 119 Å². The van der Waals surface area contributed by atoms with Gasteiger partial charge in [0.15, 0.2) is 0 Å². The molecule has 3 nitrogen and oxygen atoms in total. The van der Waals surface area contributed by atoms with E-state index in [0.29, 0.717) is 12.8 Å². The highest BCUT2D eigenvalue weighted by molar-refractivity contribution is 9.09. The Morgan fingerprint density at radius 2 is 1.83 bits per heavy atom. The number of ether oxygens (including phenoxy) is 1. The molecule has 0 amide bonds. The van der Waals surface area contributed by atoms with Crippen LogP contribution >= 0.6 is 15.9 Å². The Kier molecular flexibility index (Phi) is 10.3. The van der Waals surface area contributed by atoms with Crippen LogP contribution in [0.2, 0.25) is 0 Å². The lowest BCUT2D eigenvalue weighted by atomic mass is 9.88. The zero-order chi connectivity index (χ0) is 14.0. The van der Waals surface area contributed by atoms with Crippen molar-refractivity contribution in [3.63, 3.8) is 0 Å². The van der Waals surface area contributed by atoms with Crippen LogP contribution in [0.25, 0.3) is 0 Å². The highest BCUT2D eigenvalue weighted by Crippen LogP contribution is 2.21. The zero-order valence-electron chi connectivity index (χ0n) is 11.7. The molecule has 0 aliphatic carbocycles. The standard InChI is InChI=1S/C14H25BrO3/c1-4-7-9-12(16)11(8-5-2)13(6-3)18-14(17)10-15/h11,13H,4-10H2,1-3H3. The summed E-state index contributed by atoms with van der Waals surface area (Å²) in [5.41, 5.74) is 0. The van der Waals surface area contributed by atoms with E-state index >= 15 is 0 Å². The van der Waals surface area contributed by atoms with Gasteiger partial charge >= 0.3 is 5.97 Å². The smallest absolute Gasteiger partial charge is 0.316 e. The average molecular weight is 321 g/mol. The number of carbonyl (C=O) groups excluding carboxylic acids is 2. The second-order valence-corrected chi connectivity index (χ2v) is 5.10. The van der Waals surface area contributed by atoms with Crippen LogP contribution in [-0.4, -0.2) is 23.2 Å². The largest absolute Gasteiger partial charge is 0.461 e. The molecule has 0 fully saturated rings. The van der Waals surface area contributed by atoms with Crippen molar-refractivity contribution in [2.45, 2.75) is 65.4 Å². The Hall–Kier alpha value is -0.380. The van der Waals surface area contributed by atoms with E-state index < -0.39 is 0 Å². The van der Waals surface area contributed by atoms with E-state index in [9.17, 15) is 9.59 Å². The highest BCUT2D eigenvalue weighted by Gasteiger charge is 2.28. The molecule has 0 radical (unpaired) electrons. The van der Waals surface area contributed by atoms with E-state index in [4.69, 9.17) is 4.74 Å². The summed E-state index contributed by atoms with van der Waals surface area (Å²) in [6, 6.07) is 0. The normalized spacial score (nSPS) is 14.0. The van der Waals surface area contributed by atoms with E-state index in [1.807, 2.05) is 6.92 Å². The fourth-order valence-corrected chi connectivity index (χ4v) is 2.18. The van der Waals surface area contributed by atoms with Crippen LogP contribution < -0.4 is 0 Å². The zero-order valence-corrected chi connectivity index (χ0v) is 13.3. The molecule has 2 atom stereocenters. The molecule has 2 unspecified atom stereocenters. The van der Waals surface area contributed by atoms with Crippen LogP contribution in [0.4, 0.5) is 0 Å². The van der Waals surface area contributed by atoms with Crippen molar-refractivity contribution in [1.29, 1.82) is 0 Å². The molecule has 4 heteroatoms. The van der Waals surface area contributed by atoms with Gasteiger partial charge in [-0.15, -0.1) is 0 Å². The molecule has 0 spiro atoms. The number of ketones is 1. The number of carbonyl (C=O) groups is 2. The maximum atomic E-state index is 12.2. The van der Waals surface area contributed by atoms with E-state index in [1.165, 1.54) is 0 Å². The van der Waals surface area contributed by atoms with E-state index in [0.717, 1.165) is 25.7 Å². The number of alkyl halides is 1. The lowest BCUT2D eigenvalue weighted by Crippen LogP contribution is -2.32. The van der Waals surface area contributed by atoms with Gasteiger partial charge in [0.05, 0.1) is 5.92 Å². The van der Waals surface area contributed by atoms with Crippen molar-refractivity contribution < 1.29 is 14.3 Å². The minimum atomic E-state index is -0.286. The van der Waals surface area contributed by atoms with Gasteiger partial charge in [0.2, 0.25) is 0 Å². The number of unbranched alkanes of at least 4 members (excludes halogenated alkanes) is 1. The molecule has 0 heterocycles. The third-order valence-electron chi connectivity index (χ3n) is 3.03. The third-order valence-corrected chi connectivity index (χ3v) is 3.49. The first-order valence-electron chi connectivity index (χ1n) is 6.88. The summed E-state index contributed by atoms with van der Waals surface area (Å²) >= 11 is 3.08. The van der Waals surface area contributed by atoms with Crippen molar-refractivity contribution in [1.82, 2.24) is 0 Å². The lowest BCUT2D eigenvalue weighted by molar-refractivity contribution is -0.151. The predicted octanol–water partition coefficient (Wildman–Crippen LogP) is 3.88. The molecular formula is C14H25BrO3. The van der Waals surface area contributed by atoms with Gasteiger partial charge in [0.25, 0.3) is 0 Å². The second kappa shape index (κ2) is 10.5. The molecule has 0 aromatic rings. The minimum Gasteiger partial charge on any atom is -0.461 e. The van der Waals surface area contributed by atoms with Crippen LogP contribution in [0.15, 0.2) is 0 Å². The molecule has 0 aliphatic heterocycles. The van der Waals surface area contributed by atoms with Crippen LogP contribution in [-0.2, 0) is 14.3 Å². The summed E-state index contributed by atoms with van der Waals surface area (Å²) in [4.78, 5) is 23.5. The molecule has 106 valence electrons. The lowest BCUT2D eigenvalue weighted by Gasteiger charge is -2.24. The van der Waals surface area contributed by atoms with Crippen molar-refractivity contribution >= 4 is 27.7 Å². The Balaban J connectivity index is 4.59. The van der Waals surface area contributed by atoms with Crippen molar-refractivity contribution in [3.8, 4) is 0 Å². The number of Topliss-reactive ketones (excluding diaryl/α,β-unsaturated/α-hetero) is 1. The van der Waals surface area contributed by atoms with Crippen LogP contribution in [0.3, 0.4) is 0 Å². The summed E-state index contributed by atoms with van der Waals surface area (Å²) < 4.78 is 5.36. The Morgan fingerprint density at radius 1 is 1.17 bits per heavy atom. The van der Waals surface area contributed by atoms with Gasteiger partial charge in [-0.1, -0.05) is 49.5 Å². The van der Waals surface area contributed by atoms with Gasteiger partial charge in [-0.05, 0) is 19.3 Å². The SMILES string of the molecule is CCCCC(=O)C(CCC)C(CC)OC(=O)CBr. The van der Waals surface area contributed by atoms with Gasteiger partial charge in [-0.25, -0.2) is 0 Å². The predicted molar refractivity (Wildman–Crippen MR) is 76.9 cm³/mol. The second-order valence-electron chi connectivity index (χ2n) is 4.54. The topological polar surface area (TPSA) is 43.4 Å². The minimum absolute atomic E-state index is 0.130. The summed E-state index contributed by atoms with van der Waals surface area (Å²) in [5, 5.41) is 0.186. The van der Waals surface area contributed by atoms with Crippen LogP contribution in [0, 0.1) is 5.92 Å². The van der Waals surface area contributed by atoms with Crippen molar-refractivity contribution in [3.05, 3.63) is 0 Å². The van der Waals surface area contributed by atoms with Gasteiger partial charge < -0.3 is 4.74 Å². The number of rotatable bonds is 10. The summed E-state index contributed by atoms with van der Waals surface area (Å²) in [7, 11) is 0. The number of halogens is 1. The molecule has 0 saturated heterocycles. The number of esters is 1. The van der Waals surface area contributed by atoms with Crippen molar-refractivity contribution in [2.75, 3.05) is 5.33 Å². The average Bonchev–Trinajstić information content (AvgIpc) is 2.39. The Bertz CT molecular complexity index is 253. The first kappa shape index (κ1) is 17.6. The first-order chi connectivity index (χ1) is 8.60. The van der Waals surface area contributed by atoms with Gasteiger partial charge in [0.1, 0.15) is 17.2 Å². The van der Waals surface area contributed by atoms with Crippen molar-refractivity contribution in [2.24, 2.45) is 5.92 Å². The molecule has 18 heavy (non-hydrogen) atoms. The van der Waals surface area contributed by atoms with E-state index in [-0.39, 0.29) is 29.1 Å². The molecule has 0 bridgehead atoms. The number of hydrogen-bond acceptors (Lipinski definition) is 3. The fraction of sp³-hybridized carbons (Fsp3) is 0.857. The molecule has 0 aromatic heterocycles. The molecule has 0 N–H and O–H groups in total. The molecule has 0 rings (SSSR count). The Morgan fingerprint density at radius 3 is 2.28 bits per heavy atom. The fourth-order valence-electron chi connectivity index (χ4n) is 2.05. The van der Waals surface area contributed by atoms with Gasteiger partial charge in [0, 0.05) is 6.42 Å². The molecular weight excluding hydrogens is 296 g/mol. The van der Waals surface area contributed by atoms with E-state index in [2.05, 4.69) is 29.8 Å². The van der Waals surface area contributed by atoms with Gasteiger partial charge in [-0.3, -0.25) is 9.59 Å². The summed E-state index contributed by atoms with van der Waals surface area (Å²) in [6.07, 6.45) is 4.70. The maximum Gasteiger partial charge on any atom is 0.316 e. The molecule has 0 aliphatic rings. The highest BCUT2D eigenvalue weighted by atomic mass is 79.9. The van der Waals surface area contributed by atoms with Crippen LogP contribution in [0.5, 0.6) is 0 Å². The van der Waals surface area contributed by atoms with Crippen LogP contribution in [0.1, 0.15) is 59.3 Å². The summed E-state index contributed by atoms with van der Waals surface area (Å²) in [5.74, 6) is -0.172. The maximum absolute atomic E-state index is 12.2. The number of hydrogen-bond donors (Lipinski definition) is 0.